The van der Waals surface area contributed by atoms with E-state index in [-0.39, 0.29) is 18.4 Å². The molecule has 1 N–H and O–H groups in total. The van der Waals surface area contributed by atoms with Crippen molar-refractivity contribution in [2.24, 2.45) is 5.10 Å². The third-order valence-corrected chi connectivity index (χ3v) is 6.65. The molecule has 3 aromatic carbocycles. The van der Waals surface area contributed by atoms with Crippen molar-refractivity contribution in [3.63, 3.8) is 0 Å². The van der Waals surface area contributed by atoms with E-state index in [1.54, 1.807) is 25.3 Å². The van der Waals surface area contributed by atoms with E-state index in [0.29, 0.717) is 25.4 Å². The number of hydrogen-bond donors (Lipinski definition) is 1. The standard InChI is InChI=1S/C32H32N4O4/c1-2-40-32(38)26-13-15-28(16-14-26)36-29(24-9-5-3-6-10-24)21-27(31(36)25-11-7-4-8-12-25)22-33-34-30(37)23-35-17-19-39-20-18-35/h3-16,21-22H,2,17-20,23H2,1H3,(H,34,37)/b33-22-. The number of hydrogen-bond acceptors (Lipinski definition) is 6. The molecule has 1 aliphatic heterocycles. The summed E-state index contributed by atoms with van der Waals surface area (Å²) in [6.07, 6.45) is 1.69. The first kappa shape index (κ1) is 27.1. The molecule has 1 aliphatic rings. The molecular weight excluding hydrogens is 504 g/mol. The van der Waals surface area contributed by atoms with Crippen LogP contribution in [-0.2, 0) is 14.3 Å². The Bertz CT molecular complexity index is 1460. The van der Waals surface area contributed by atoms with Gasteiger partial charge in [-0.1, -0.05) is 60.7 Å². The molecule has 0 atom stereocenters. The van der Waals surface area contributed by atoms with Gasteiger partial charge in [0.05, 0.1) is 49.5 Å². The average Bonchev–Trinajstić information content (AvgIpc) is 3.38. The number of morpholine rings is 1. The molecule has 0 aliphatic carbocycles. The van der Waals surface area contributed by atoms with E-state index in [9.17, 15) is 9.59 Å². The summed E-state index contributed by atoms with van der Waals surface area (Å²) >= 11 is 0. The van der Waals surface area contributed by atoms with E-state index >= 15 is 0 Å². The van der Waals surface area contributed by atoms with Crippen LogP contribution in [0.25, 0.3) is 28.2 Å². The highest BCUT2D eigenvalue weighted by Crippen LogP contribution is 2.35. The van der Waals surface area contributed by atoms with Crippen molar-refractivity contribution in [1.29, 1.82) is 0 Å². The van der Waals surface area contributed by atoms with Crippen molar-refractivity contribution < 1.29 is 19.1 Å². The number of carbonyl (C=O) groups is 2. The number of rotatable bonds is 9. The Morgan fingerprint density at radius 2 is 1.57 bits per heavy atom. The molecule has 0 bridgehead atoms. The van der Waals surface area contributed by atoms with Crippen LogP contribution in [0.3, 0.4) is 0 Å². The average molecular weight is 537 g/mol. The number of amides is 1. The maximum atomic E-state index is 12.6. The fraction of sp³-hybridized carbons (Fsp3) is 0.219. The highest BCUT2D eigenvalue weighted by Gasteiger charge is 2.20. The molecule has 204 valence electrons. The fourth-order valence-electron chi connectivity index (χ4n) is 4.74. The van der Waals surface area contributed by atoms with Gasteiger partial charge in [0.1, 0.15) is 0 Å². The van der Waals surface area contributed by atoms with Crippen LogP contribution >= 0.6 is 0 Å². The van der Waals surface area contributed by atoms with Crippen LogP contribution < -0.4 is 5.43 Å². The number of benzene rings is 3. The summed E-state index contributed by atoms with van der Waals surface area (Å²) in [5.41, 5.74) is 8.76. The van der Waals surface area contributed by atoms with Gasteiger partial charge in [-0.05, 0) is 48.4 Å². The van der Waals surface area contributed by atoms with E-state index in [1.165, 1.54) is 0 Å². The van der Waals surface area contributed by atoms with Crippen LogP contribution in [0, 0.1) is 0 Å². The molecule has 1 saturated heterocycles. The minimum Gasteiger partial charge on any atom is -0.462 e. The first-order chi connectivity index (χ1) is 19.6. The van der Waals surface area contributed by atoms with Crippen LogP contribution in [-0.4, -0.2) is 67.0 Å². The van der Waals surface area contributed by atoms with Gasteiger partial charge in [0.25, 0.3) is 5.91 Å². The number of carbonyl (C=O) groups excluding carboxylic acids is 2. The molecule has 1 amide bonds. The summed E-state index contributed by atoms with van der Waals surface area (Å²) in [7, 11) is 0. The summed E-state index contributed by atoms with van der Waals surface area (Å²) in [6, 6.07) is 29.6. The quantitative estimate of drug-likeness (QED) is 0.189. The Kier molecular flexibility index (Phi) is 8.80. The van der Waals surface area contributed by atoms with Crippen LogP contribution in [0.2, 0.25) is 0 Å². The minimum atomic E-state index is -0.353. The normalized spacial score (nSPS) is 13.8. The van der Waals surface area contributed by atoms with Crippen LogP contribution in [0.5, 0.6) is 0 Å². The number of nitrogens with zero attached hydrogens (tertiary/aromatic N) is 3. The molecule has 1 aromatic heterocycles. The van der Waals surface area contributed by atoms with Gasteiger partial charge in [-0.25, -0.2) is 10.2 Å². The summed E-state index contributed by atoms with van der Waals surface area (Å²) in [4.78, 5) is 26.9. The Labute approximate surface area is 233 Å². The molecule has 1 fully saturated rings. The van der Waals surface area contributed by atoms with Crippen molar-refractivity contribution in [3.05, 3.63) is 102 Å². The molecule has 0 unspecified atom stereocenters. The topological polar surface area (TPSA) is 85.2 Å². The third kappa shape index (κ3) is 6.36. The predicted molar refractivity (Wildman–Crippen MR) is 156 cm³/mol. The maximum Gasteiger partial charge on any atom is 0.338 e. The number of esters is 1. The van der Waals surface area contributed by atoms with Gasteiger partial charge in [-0.2, -0.15) is 5.10 Å². The minimum absolute atomic E-state index is 0.170. The number of hydrazone groups is 1. The van der Waals surface area contributed by atoms with Gasteiger partial charge in [-0.15, -0.1) is 0 Å². The SMILES string of the molecule is CCOC(=O)c1ccc(-n2c(-c3ccccc3)cc(/C=N\NC(=O)CN3CCOCC3)c2-c2ccccc2)cc1. The fourth-order valence-corrected chi connectivity index (χ4v) is 4.74. The van der Waals surface area contributed by atoms with Crippen LogP contribution in [0.4, 0.5) is 0 Å². The Balaban J connectivity index is 1.55. The Hall–Kier alpha value is -4.53. The summed E-state index contributed by atoms with van der Waals surface area (Å²) < 4.78 is 12.7. The molecule has 8 heteroatoms. The zero-order chi connectivity index (χ0) is 27.7. The van der Waals surface area contributed by atoms with Crippen LogP contribution in [0.15, 0.2) is 96.1 Å². The van der Waals surface area contributed by atoms with Crippen molar-refractivity contribution in [2.75, 3.05) is 39.5 Å². The molecule has 40 heavy (non-hydrogen) atoms. The van der Waals surface area contributed by atoms with Gasteiger partial charge in [0.2, 0.25) is 0 Å². The lowest BCUT2D eigenvalue weighted by Gasteiger charge is -2.25. The highest BCUT2D eigenvalue weighted by atomic mass is 16.5. The summed E-state index contributed by atoms with van der Waals surface area (Å²) in [5, 5.41) is 4.34. The van der Waals surface area contributed by atoms with Gasteiger partial charge in [0, 0.05) is 24.3 Å². The Morgan fingerprint density at radius 3 is 2.23 bits per heavy atom. The van der Waals surface area contributed by atoms with Gasteiger partial charge >= 0.3 is 5.97 Å². The second-order valence-corrected chi connectivity index (χ2v) is 9.35. The van der Waals surface area contributed by atoms with Crippen molar-refractivity contribution in [1.82, 2.24) is 14.9 Å². The van der Waals surface area contributed by atoms with E-state index in [1.807, 2.05) is 65.6 Å². The zero-order valence-corrected chi connectivity index (χ0v) is 22.5. The molecule has 0 radical (unpaired) electrons. The summed E-state index contributed by atoms with van der Waals surface area (Å²) in [5.74, 6) is -0.523. The molecule has 4 aromatic rings. The van der Waals surface area contributed by atoms with Crippen molar-refractivity contribution in [3.8, 4) is 28.2 Å². The zero-order valence-electron chi connectivity index (χ0n) is 22.5. The van der Waals surface area contributed by atoms with E-state index in [4.69, 9.17) is 9.47 Å². The van der Waals surface area contributed by atoms with Gasteiger partial charge < -0.3 is 14.0 Å². The molecule has 0 saturated carbocycles. The van der Waals surface area contributed by atoms with Crippen molar-refractivity contribution in [2.45, 2.75) is 6.92 Å². The lowest BCUT2D eigenvalue weighted by Crippen LogP contribution is -2.42. The number of ether oxygens (including phenoxy) is 2. The van der Waals surface area contributed by atoms with Gasteiger partial charge in [-0.3, -0.25) is 9.69 Å². The first-order valence-corrected chi connectivity index (χ1v) is 13.4. The Morgan fingerprint density at radius 1 is 0.925 bits per heavy atom. The van der Waals surface area contributed by atoms with Crippen molar-refractivity contribution >= 4 is 18.1 Å². The third-order valence-electron chi connectivity index (χ3n) is 6.65. The van der Waals surface area contributed by atoms with E-state index in [2.05, 4.69) is 33.3 Å². The molecule has 8 nitrogen and oxygen atoms in total. The second kappa shape index (κ2) is 13.0. The highest BCUT2D eigenvalue weighted by molar-refractivity contribution is 5.94. The smallest absolute Gasteiger partial charge is 0.338 e. The van der Waals surface area contributed by atoms with E-state index in [0.717, 1.165) is 46.9 Å². The molecular formula is C32H32N4O4. The molecule has 0 spiro atoms. The van der Waals surface area contributed by atoms with Gasteiger partial charge in [0.15, 0.2) is 0 Å². The number of nitrogens with one attached hydrogen (secondary N) is 1. The maximum absolute atomic E-state index is 12.6. The lowest BCUT2D eigenvalue weighted by molar-refractivity contribution is -0.123. The second-order valence-electron chi connectivity index (χ2n) is 9.35. The summed E-state index contributed by atoms with van der Waals surface area (Å²) in [6.45, 7) is 5.11. The van der Waals surface area contributed by atoms with Crippen LogP contribution in [0.1, 0.15) is 22.8 Å². The van der Waals surface area contributed by atoms with E-state index < -0.39 is 0 Å². The molecule has 2 heterocycles. The first-order valence-electron chi connectivity index (χ1n) is 13.4. The number of aromatic nitrogens is 1. The monoisotopic (exact) mass is 536 g/mol. The predicted octanol–water partition coefficient (Wildman–Crippen LogP) is 4.77. The molecule has 5 rings (SSSR count). The lowest BCUT2D eigenvalue weighted by atomic mass is 10.1. The largest absolute Gasteiger partial charge is 0.462 e.